The predicted octanol–water partition coefficient (Wildman–Crippen LogP) is 2.83. The zero-order valence-electron chi connectivity index (χ0n) is 16.8. The van der Waals surface area contributed by atoms with Gasteiger partial charge in [-0.15, -0.1) is 0 Å². The van der Waals surface area contributed by atoms with Crippen molar-refractivity contribution in [3.8, 4) is 0 Å². The fraction of sp³-hybridized carbons (Fsp3) is 0.227. The van der Waals surface area contributed by atoms with Gasteiger partial charge in [-0.05, 0) is 42.3 Å². The number of para-hydroxylation sites is 1. The maximum Gasteiger partial charge on any atom is 0.267 e. The van der Waals surface area contributed by atoms with Gasteiger partial charge in [-0.25, -0.2) is 10.5 Å². The summed E-state index contributed by atoms with van der Waals surface area (Å²) in [5, 5.41) is 13.0. The summed E-state index contributed by atoms with van der Waals surface area (Å²) in [6.07, 6.45) is 5.38. The monoisotopic (exact) mass is 391 g/mol. The molecule has 29 heavy (non-hydrogen) atoms. The van der Waals surface area contributed by atoms with Crippen molar-refractivity contribution in [1.29, 1.82) is 0 Å². The van der Waals surface area contributed by atoms with Gasteiger partial charge in [0.05, 0.1) is 11.2 Å². The van der Waals surface area contributed by atoms with Crippen molar-refractivity contribution < 1.29 is 11.4 Å². The number of pyridine rings is 2. The Morgan fingerprint density at radius 2 is 2.17 bits per heavy atom. The number of fused-ring (bicyclic) bond motifs is 1. The summed E-state index contributed by atoms with van der Waals surface area (Å²) >= 11 is 0. The third-order valence-electron chi connectivity index (χ3n) is 4.83. The average Bonchev–Trinajstić information content (AvgIpc) is 3.26. The maximum atomic E-state index is 11.0. The quantitative estimate of drug-likeness (QED) is 0.340. The Bertz CT molecular complexity index is 1060. The Kier molecular flexibility index (Phi) is 5.40. The molecule has 1 aromatic carbocycles. The molecule has 1 amide bonds. The lowest BCUT2D eigenvalue weighted by molar-refractivity contribution is -0.124. The minimum Gasteiger partial charge on any atom is -0.366 e. The van der Waals surface area contributed by atoms with Gasteiger partial charge in [0.25, 0.3) is 5.91 Å². The average molecular weight is 391 g/mol. The van der Waals surface area contributed by atoms with Crippen LogP contribution in [0.5, 0.6) is 0 Å². The van der Waals surface area contributed by atoms with Crippen LogP contribution in [0.25, 0.3) is 17.0 Å². The second kappa shape index (κ2) is 8.81. The third kappa shape index (κ3) is 4.96. The van der Waals surface area contributed by atoms with E-state index >= 15 is 0 Å². The van der Waals surface area contributed by atoms with Gasteiger partial charge in [-0.1, -0.05) is 24.3 Å². The summed E-state index contributed by atoms with van der Waals surface area (Å²) in [4.78, 5) is 22.2. The van der Waals surface area contributed by atoms with Crippen LogP contribution in [-0.2, 0) is 11.3 Å². The fourth-order valence-corrected chi connectivity index (χ4v) is 3.37. The number of hydroxylamine groups is 1. The van der Waals surface area contributed by atoms with Crippen LogP contribution in [0, 0.1) is 0 Å². The molecule has 0 aliphatic carbocycles. The van der Waals surface area contributed by atoms with Crippen molar-refractivity contribution in [3.05, 3.63) is 72.1 Å². The normalized spacial score (nSPS) is 18.7. The molecule has 148 valence electrons. The number of carbonyl (C=O) groups is 1. The topological polar surface area (TPSA) is 90.4 Å². The summed E-state index contributed by atoms with van der Waals surface area (Å²) in [5.74, 6) is 0.157. The largest absolute Gasteiger partial charge is 0.366 e. The number of nitrogens with one attached hydrogen (secondary N) is 2. The van der Waals surface area contributed by atoms with Gasteiger partial charge in [0.2, 0.25) is 0 Å². The van der Waals surface area contributed by atoms with Crippen LogP contribution in [-0.4, -0.2) is 45.1 Å². The molecule has 4 rings (SSSR count). The lowest BCUT2D eigenvalue weighted by Gasteiger charge is -2.17. The highest BCUT2D eigenvalue weighted by atomic mass is 16.5. The van der Waals surface area contributed by atoms with Crippen LogP contribution in [0.3, 0.4) is 0 Å². The summed E-state index contributed by atoms with van der Waals surface area (Å²) in [7, 11) is 0. The number of benzene rings is 1. The van der Waals surface area contributed by atoms with Crippen LogP contribution < -0.4 is 10.8 Å². The van der Waals surface area contributed by atoms with Crippen molar-refractivity contribution in [2.24, 2.45) is 0 Å². The second-order valence-corrected chi connectivity index (χ2v) is 6.97. The second-order valence-electron chi connectivity index (χ2n) is 6.97. The van der Waals surface area contributed by atoms with Gasteiger partial charge in [0, 0.05) is 44.7 Å². The van der Waals surface area contributed by atoms with Crippen molar-refractivity contribution in [1.82, 2.24) is 20.3 Å². The smallest absolute Gasteiger partial charge is 0.267 e. The van der Waals surface area contributed by atoms with Crippen molar-refractivity contribution in [2.45, 2.75) is 19.0 Å². The Morgan fingerprint density at radius 3 is 3.00 bits per heavy atom. The first kappa shape index (κ1) is 17.8. The van der Waals surface area contributed by atoms with Crippen LogP contribution in [0.1, 0.15) is 19.0 Å². The van der Waals surface area contributed by atoms with Crippen molar-refractivity contribution in [2.75, 3.05) is 18.4 Å². The predicted molar refractivity (Wildman–Crippen MR) is 112 cm³/mol. The van der Waals surface area contributed by atoms with E-state index in [4.69, 9.17) is 6.58 Å². The van der Waals surface area contributed by atoms with Crippen LogP contribution >= 0.6 is 0 Å². The van der Waals surface area contributed by atoms with E-state index in [0.29, 0.717) is 0 Å². The summed E-state index contributed by atoms with van der Waals surface area (Å²) in [6, 6.07) is 15.8. The Balaban J connectivity index is 1.35. The highest BCUT2D eigenvalue weighted by molar-refractivity contribution is 5.90. The molecule has 2 atom stereocenters. The Labute approximate surface area is 170 Å². The molecule has 1 saturated heterocycles. The van der Waals surface area contributed by atoms with Gasteiger partial charge in [-0.3, -0.25) is 19.9 Å². The number of nitrogens with zero attached hydrogens (tertiary/aromatic N) is 3. The molecule has 2 aromatic heterocycles. The molecule has 0 radical (unpaired) electrons. The number of carbonyl (C=O) groups excluding carboxylic acids is 1. The molecule has 1 fully saturated rings. The van der Waals surface area contributed by atoms with Crippen LogP contribution in [0.2, 0.25) is 0 Å². The fourth-order valence-electron chi connectivity index (χ4n) is 3.37. The Hall–Kier alpha value is -3.29. The van der Waals surface area contributed by atoms with E-state index in [1.54, 1.807) is 17.8 Å². The van der Waals surface area contributed by atoms with Gasteiger partial charge in [0.1, 0.15) is 5.82 Å². The maximum absolute atomic E-state index is 11.0. The van der Waals surface area contributed by atoms with E-state index in [-0.39, 0.29) is 6.04 Å². The SMILES string of the molecule is [3H]C(c1ccc2ccccc2n1)N1CC[C@@H](Nc2ccc(C=CC(=O)NO)cn2)C1. The number of likely N-dealkylation sites (tertiary alicyclic amines) is 1. The number of anilines is 1. The highest BCUT2D eigenvalue weighted by Gasteiger charge is 2.23. The summed E-state index contributed by atoms with van der Waals surface area (Å²) in [5.41, 5.74) is 3.97. The molecular formula is C22H23N5O2. The molecule has 1 unspecified atom stereocenters. The minimum absolute atomic E-state index is 0.201. The van der Waals surface area contributed by atoms with Crippen molar-refractivity contribution in [3.63, 3.8) is 0 Å². The molecule has 7 nitrogen and oxygen atoms in total. The molecule has 3 N–H and O–H groups in total. The van der Waals surface area contributed by atoms with E-state index in [1.807, 2.05) is 48.5 Å². The van der Waals surface area contributed by atoms with Gasteiger partial charge in [0.15, 0.2) is 0 Å². The first-order chi connectivity index (χ1) is 14.6. The van der Waals surface area contributed by atoms with Gasteiger partial charge >= 0.3 is 0 Å². The Morgan fingerprint density at radius 1 is 1.28 bits per heavy atom. The number of hydrogen-bond donors (Lipinski definition) is 3. The minimum atomic E-state index is -0.589. The molecule has 0 bridgehead atoms. The lowest BCUT2D eigenvalue weighted by Crippen LogP contribution is -2.26. The molecule has 0 saturated carbocycles. The number of hydrogen-bond acceptors (Lipinski definition) is 6. The van der Waals surface area contributed by atoms with E-state index in [0.717, 1.165) is 47.5 Å². The summed E-state index contributed by atoms with van der Waals surface area (Å²) < 4.78 is 8.64. The first-order valence-corrected chi connectivity index (χ1v) is 9.49. The lowest BCUT2D eigenvalue weighted by atomic mass is 10.2. The van der Waals surface area contributed by atoms with E-state index in [9.17, 15) is 4.79 Å². The first-order valence-electron chi connectivity index (χ1n) is 10.1. The van der Waals surface area contributed by atoms with Gasteiger partial charge < -0.3 is 5.32 Å². The van der Waals surface area contributed by atoms with E-state index in [2.05, 4.69) is 20.2 Å². The van der Waals surface area contributed by atoms with E-state index < -0.39 is 12.4 Å². The van der Waals surface area contributed by atoms with Gasteiger partial charge in [-0.2, -0.15) is 0 Å². The van der Waals surface area contributed by atoms with Crippen LogP contribution in [0.15, 0.2) is 60.8 Å². The molecule has 3 aromatic rings. The zero-order valence-corrected chi connectivity index (χ0v) is 15.8. The molecule has 3 heterocycles. The molecule has 0 spiro atoms. The third-order valence-corrected chi connectivity index (χ3v) is 4.83. The molecule has 7 heteroatoms. The highest BCUT2D eigenvalue weighted by Crippen LogP contribution is 2.18. The number of aromatic nitrogens is 2. The molecule has 1 aliphatic rings. The number of rotatable bonds is 6. The molecular weight excluding hydrogens is 366 g/mol. The summed E-state index contributed by atoms with van der Waals surface area (Å²) in [6.45, 7) is 1.06. The van der Waals surface area contributed by atoms with E-state index in [1.165, 1.54) is 6.08 Å². The van der Waals surface area contributed by atoms with Crippen LogP contribution in [0.4, 0.5) is 5.82 Å². The molecule has 1 aliphatic heterocycles. The zero-order chi connectivity index (χ0) is 20.9. The van der Waals surface area contributed by atoms with Crippen molar-refractivity contribution >= 4 is 28.7 Å². The standard InChI is InChI=1S/C22H23N5O2/c28-22(26-29)10-6-16-5-9-21(23-13-16)25-19-11-12-27(15-19)14-18-8-7-17-3-1-2-4-20(17)24-18/h1-10,13,19,29H,11-12,14-15H2,(H,23,25)(H,26,28)/t19-/m1/s1/i14T/t14?,19-. The number of amides is 1.